The van der Waals surface area contributed by atoms with Crippen LogP contribution in [0.5, 0.6) is 0 Å². The Bertz CT molecular complexity index is 482. The van der Waals surface area contributed by atoms with E-state index in [0.29, 0.717) is 16.4 Å². The third-order valence-electron chi connectivity index (χ3n) is 2.02. The number of hydrogen-bond acceptors (Lipinski definition) is 2. The van der Waals surface area contributed by atoms with Crippen molar-refractivity contribution in [2.75, 3.05) is 5.73 Å². The minimum absolute atomic E-state index is 0.285. The summed E-state index contributed by atoms with van der Waals surface area (Å²) in [6.45, 7) is 0. The molecular weight excluding hydrogens is 215 g/mol. The van der Waals surface area contributed by atoms with Gasteiger partial charge in [0.1, 0.15) is 11.0 Å². The van der Waals surface area contributed by atoms with Gasteiger partial charge in [0.05, 0.1) is 11.9 Å². The van der Waals surface area contributed by atoms with Gasteiger partial charge in [-0.25, -0.2) is 9.37 Å². The monoisotopic (exact) mass is 222 g/mol. The predicted molar refractivity (Wildman–Crippen MR) is 59.1 cm³/mol. The van der Waals surface area contributed by atoms with Crippen molar-refractivity contribution >= 4 is 17.3 Å². The second-order valence-corrected chi connectivity index (χ2v) is 3.47. The van der Waals surface area contributed by atoms with Crippen LogP contribution in [0.25, 0.3) is 11.1 Å². The van der Waals surface area contributed by atoms with E-state index in [1.165, 1.54) is 18.3 Å². The largest absolute Gasteiger partial charge is 0.397 e. The van der Waals surface area contributed by atoms with Crippen LogP contribution in [0, 0.1) is 5.82 Å². The van der Waals surface area contributed by atoms with Crippen LogP contribution in [0.2, 0.25) is 5.15 Å². The van der Waals surface area contributed by atoms with Crippen LogP contribution >= 0.6 is 11.6 Å². The van der Waals surface area contributed by atoms with Gasteiger partial charge < -0.3 is 5.73 Å². The summed E-state index contributed by atoms with van der Waals surface area (Å²) in [6, 6.07) is 7.72. The number of benzene rings is 1. The van der Waals surface area contributed by atoms with Crippen molar-refractivity contribution in [2.45, 2.75) is 0 Å². The molecule has 0 saturated heterocycles. The summed E-state index contributed by atoms with van der Waals surface area (Å²) in [4.78, 5) is 3.92. The molecule has 0 atom stereocenters. The first-order valence-corrected chi connectivity index (χ1v) is 4.71. The lowest BCUT2D eigenvalue weighted by atomic mass is 10.1. The highest BCUT2D eigenvalue weighted by Gasteiger charge is 2.05. The fourth-order valence-electron chi connectivity index (χ4n) is 1.30. The summed E-state index contributed by atoms with van der Waals surface area (Å²) >= 11 is 5.91. The average Bonchev–Trinajstić information content (AvgIpc) is 2.23. The summed E-state index contributed by atoms with van der Waals surface area (Å²) in [5.74, 6) is -0.285. The zero-order valence-electron chi connectivity index (χ0n) is 7.74. The van der Waals surface area contributed by atoms with Crippen molar-refractivity contribution in [2.24, 2.45) is 0 Å². The van der Waals surface area contributed by atoms with Gasteiger partial charge in [0.25, 0.3) is 0 Å². The van der Waals surface area contributed by atoms with Gasteiger partial charge in [-0.3, -0.25) is 0 Å². The average molecular weight is 223 g/mol. The number of nitrogen functional groups attached to an aromatic ring is 1. The van der Waals surface area contributed by atoms with Crippen molar-refractivity contribution < 1.29 is 4.39 Å². The minimum atomic E-state index is -0.285. The highest BCUT2D eigenvalue weighted by atomic mass is 35.5. The van der Waals surface area contributed by atoms with Crippen LogP contribution in [-0.4, -0.2) is 4.98 Å². The predicted octanol–water partition coefficient (Wildman–Crippen LogP) is 3.12. The van der Waals surface area contributed by atoms with Gasteiger partial charge in [-0.1, -0.05) is 23.7 Å². The van der Waals surface area contributed by atoms with E-state index in [4.69, 9.17) is 17.3 Å². The molecule has 2 nitrogen and oxygen atoms in total. The van der Waals surface area contributed by atoms with E-state index in [1.807, 2.05) is 0 Å². The molecule has 4 heteroatoms. The summed E-state index contributed by atoms with van der Waals surface area (Å²) < 4.78 is 12.7. The molecule has 0 unspecified atom stereocenters. The fraction of sp³-hybridized carbons (Fsp3) is 0. The third kappa shape index (κ3) is 2.07. The molecule has 1 aromatic heterocycles. The molecule has 2 rings (SSSR count). The Labute approximate surface area is 91.5 Å². The quantitative estimate of drug-likeness (QED) is 0.753. The second-order valence-electron chi connectivity index (χ2n) is 3.11. The molecule has 0 bridgehead atoms. The van der Waals surface area contributed by atoms with Crippen molar-refractivity contribution in [3.8, 4) is 11.1 Å². The van der Waals surface area contributed by atoms with E-state index >= 15 is 0 Å². The number of halogens is 2. The van der Waals surface area contributed by atoms with E-state index in [9.17, 15) is 4.39 Å². The van der Waals surface area contributed by atoms with E-state index in [-0.39, 0.29) is 5.82 Å². The van der Waals surface area contributed by atoms with E-state index < -0.39 is 0 Å². The number of nitrogens with two attached hydrogens (primary N) is 1. The number of pyridine rings is 1. The van der Waals surface area contributed by atoms with E-state index in [0.717, 1.165) is 5.56 Å². The Hall–Kier alpha value is -1.61. The molecule has 2 N–H and O–H groups in total. The highest BCUT2D eigenvalue weighted by molar-refractivity contribution is 6.32. The van der Waals surface area contributed by atoms with Crippen LogP contribution in [-0.2, 0) is 0 Å². The van der Waals surface area contributed by atoms with Crippen molar-refractivity contribution in [3.05, 3.63) is 47.5 Å². The molecule has 0 amide bonds. The molecule has 0 aliphatic rings. The van der Waals surface area contributed by atoms with Crippen LogP contribution in [0.3, 0.4) is 0 Å². The van der Waals surface area contributed by atoms with E-state index in [2.05, 4.69) is 4.98 Å². The van der Waals surface area contributed by atoms with Gasteiger partial charge in [-0.05, 0) is 23.8 Å². The van der Waals surface area contributed by atoms with Crippen molar-refractivity contribution in [1.82, 2.24) is 4.98 Å². The van der Waals surface area contributed by atoms with Gasteiger partial charge in [-0.2, -0.15) is 0 Å². The molecule has 0 spiro atoms. The standard InChI is InChI=1S/C11H8ClFN2/c12-11-10(5-9(14)6-15-11)7-1-3-8(13)4-2-7/h1-6H,14H2. The molecule has 0 radical (unpaired) electrons. The number of nitrogens with zero attached hydrogens (tertiary/aromatic N) is 1. The highest BCUT2D eigenvalue weighted by Crippen LogP contribution is 2.27. The molecule has 15 heavy (non-hydrogen) atoms. The van der Waals surface area contributed by atoms with Gasteiger partial charge in [0.2, 0.25) is 0 Å². The number of aromatic nitrogens is 1. The molecule has 76 valence electrons. The SMILES string of the molecule is Nc1cnc(Cl)c(-c2ccc(F)cc2)c1. The summed E-state index contributed by atoms with van der Waals surface area (Å²) in [6.07, 6.45) is 1.48. The fourth-order valence-corrected chi connectivity index (χ4v) is 1.51. The number of anilines is 1. The van der Waals surface area contributed by atoms with Gasteiger partial charge in [0, 0.05) is 5.56 Å². The Balaban J connectivity index is 2.53. The number of rotatable bonds is 1. The van der Waals surface area contributed by atoms with Crippen LogP contribution < -0.4 is 5.73 Å². The van der Waals surface area contributed by atoms with Crippen LogP contribution in [0.1, 0.15) is 0 Å². The van der Waals surface area contributed by atoms with Crippen LogP contribution in [0.4, 0.5) is 10.1 Å². The maximum absolute atomic E-state index is 12.7. The molecule has 1 aromatic carbocycles. The molecule has 0 fully saturated rings. The first-order valence-electron chi connectivity index (χ1n) is 4.34. The van der Waals surface area contributed by atoms with Gasteiger partial charge in [-0.15, -0.1) is 0 Å². The summed E-state index contributed by atoms with van der Waals surface area (Å²) in [7, 11) is 0. The second kappa shape index (κ2) is 3.87. The molecule has 2 aromatic rings. The Morgan fingerprint density at radius 2 is 1.87 bits per heavy atom. The van der Waals surface area contributed by atoms with E-state index in [1.54, 1.807) is 18.2 Å². The first kappa shape index (κ1) is 9.93. The Morgan fingerprint density at radius 3 is 2.53 bits per heavy atom. The minimum Gasteiger partial charge on any atom is -0.397 e. The lowest BCUT2D eigenvalue weighted by Crippen LogP contribution is -1.89. The van der Waals surface area contributed by atoms with Crippen molar-refractivity contribution in [3.63, 3.8) is 0 Å². The molecular formula is C11H8ClFN2. The molecule has 0 aliphatic carbocycles. The number of hydrogen-bond donors (Lipinski definition) is 1. The zero-order valence-corrected chi connectivity index (χ0v) is 8.50. The summed E-state index contributed by atoms with van der Waals surface area (Å²) in [5, 5.41) is 0.357. The Morgan fingerprint density at radius 1 is 1.20 bits per heavy atom. The lowest BCUT2D eigenvalue weighted by Gasteiger charge is -2.04. The Kier molecular flexibility index (Phi) is 2.56. The van der Waals surface area contributed by atoms with Gasteiger partial charge in [0.15, 0.2) is 0 Å². The third-order valence-corrected chi connectivity index (χ3v) is 2.32. The van der Waals surface area contributed by atoms with Crippen LogP contribution in [0.15, 0.2) is 36.5 Å². The summed E-state index contributed by atoms with van der Waals surface area (Å²) in [5.41, 5.74) is 7.62. The normalized spacial score (nSPS) is 10.3. The van der Waals surface area contributed by atoms with Gasteiger partial charge >= 0.3 is 0 Å². The first-order chi connectivity index (χ1) is 7.16. The zero-order chi connectivity index (χ0) is 10.8. The topological polar surface area (TPSA) is 38.9 Å². The molecule has 1 heterocycles. The molecule has 0 saturated carbocycles. The van der Waals surface area contributed by atoms with Crippen molar-refractivity contribution in [1.29, 1.82) is 0 Å². The maximum atomic E-state index is 12.7. The maximum Gasteiger partial charge on any atom is 0.136 e. The smallest absolute Gasteiger partial charge is 0.136 e. The lowest BCUT2D eigenvalue weighted by molar-refractivity contribution is 0.628. The molecule has 0 aliphatic heterocycles.